The summed E-state index contributed by atoms with van der Waals surface area (Å²) in [6.07, 6.45) is 2.83. The summed E-state index contributed by atoms with van der Waals surface area (Å²) in [5.74, 6) is 0.190. The Labute approximate surface area is 308 Å². The van der Waals surface area contributed by atoms with Gasteiger partial charge in [0.15, 0.2) is 11.4 Å². The molecule has 0 spiro atoms. The van der Waals surface area contributed by atoms with Gasteiger partial charge >= 0.3 is 12.0 Å². The summed E-state index contributed by atoms with van der Waals surface area (Å²) in [4.78, 5) is 33.9. The number of ether oxygens (including phenoxy) is 3. The van der Waals surface area contributed by atoms with Crippen molar-refractivity contribution in [2.75, 3.05) is 12.9 Å². The zero-order chi connectivity index (χ0) is 36.3. The molecule has 0 saturated carbocycles. The summed E-state index contributed by atoms with van der Waals surface area (Å²) < 4.78 is 18.1. The molecule has 1 fully saturated rings. The monoisotopic (exact) mass is 718 g/mol. The van der Waals surface area contributed by atoms with Gasteiger partial charge in [0.05, 0.1) is 25.9 Å². The maximum Gasteiger partial charge on any atom is 0.328 e. The van der Waals surface area contributed by atoms with E-state index in [2.05, 4.69) is 27.5 Å². The summed E-state index contributed by atoms with van der Waals surface area (Å²) >= 11 is 1.56. The van der Waals surface area contributed by atoms with Gasteiger partial charge in [-0.3, -0.25) is 0 Å². The highest BCUT2D eigenvalue weighted by atomic mass is 32.2. The second kappa shape index (κ2) is 17.9. The molecule has 11 heteroatoms. The van der Waals surface area contributed by atoms with Crippen molar-refractivity contribution >= 4 is 23.8 Å². The topological polar surface area (TPSA) is 132 Å². The molecule has 0 aliphatic carbocycles. The van der Waals surface area contributed by atoms with Crippen molar-refractivity contribution in [3.05, 3.63) is 149 Å². The first-order chi connectivity index (χ1) is 25.4. The number of methoxy groups -OCH3 is 1. The van der Waals surface area contributed by atoms with Crippen molar-refractivity contribution in [2.45, 2.75) is 56.2 Å². The fourth-order valence-electron chi connectivity index (χ4n) is 6.10. The van der Waals surface area contributed by atoms with Crippen LogP contribution >= 0.6 is 11.8 Å². The molecular weight excluding hydrogens is 677 g/mol. The van der Waals surface area contributed by atoms with Crippen LogP contribution in [0.3, 0.4) is 0 Å². The van der Waals surface area contributed by atoms with Crippen LogP contribution in [0.5, 0.6) is 0 Å². The Morgan fingerprint density at radius 3 is 2.25 bits per heavy atom. The third-order valence-corrected chi connectivity index (χ3v) is 9.98. The first-order valence-electron chi connectivity index (χ1n) is 17.2. The van der Waals surface area contributed by atoms with E-state index in [1.807, 2.05) is 103 Å². The molecule has 1 aliphatic heterocycles. The van der Waals surface area contributed by atoms with Gasteiger partial charge in [-0.15, -0.1) is 0 Å². The molecule has 4 aromatic carbocycles. The second-order valence-corrected chi connectivity index (χ2v) is 13.6. The number of hydrogen-bond donors (Lipinski definition) is 3. The first kappa shape index (κ1) is 36.7. The Morgan fingerprint density at radius 2 is 1.54 bits per heavy atom. The van der Waals surface area contributed by atoms with Gasteiger partial charge < -0.3 is 30.0 Å². The fourth-order valence-corrected chi connectivity index (χ4v) is 7.06. The number of nitrogens with zero attached hydrogens (tertiary/aromatic N) is 2. The number of aliphatic hydroxyl groups is 1. The molecule has 268 valence electrons. The highest BCUT2D eigenvalue weighted by molar-refractivity contribution is 7.99. The number of nitrogens with one attached hydrogen (secondary N) is 2. The van der Waals surface area contributed by atoms with E-state index >= 15 is 0 Å². The lowest BCUT2D eigenvalue weighted by molar-refractivity contribution is -0.268. The van der Waals surface area contributed by atoms with Gasteiger partial charge in [0, 0.05) is 42.6 Å². The maximum atomic E-state index is 12.8. The van der Waals surface area contributed by atoms with Crippen LogP contribution in [0.25, 0.3) is 11.1 Å². The van der Waals surface area contributed by atoms with Gasteiger partial charge in [-0.25, -0.2) is 19.6 Å². The Kier molecular flexibility index (Phi) is 12.7. The minimum absolute atomic E-state index is 0.0167. The molecule has 52 heavy (non-hydrogen) atoms. The predicted molar refractivity (Wildman–Crippen MR) is 199 cm³/mol. The predicted octanol–water partition coefficient (Wildman–Crippen LogP) is 6.80. The van der Waals surface area contributed by atoms with Crippen LogP contribution in [-0.2, 0) is 38.6 Å². The van der Waals surface area contributed by atoms with Crippen molar-refractivity contribution in [3.8, 4) is 11.1 Å². The van der Waals surface area contributed by atoms with E-state index in [9.17, 15) is 14.7 Å². The molecule has 5 aromatic rings. The molecule has 6 rings (SSSR count). The van der Waals surface area contributed by atoms with Crippen LogP contribution in [0.15, 0.2) is 127 Å². The lowest BCUT2D eigenvalue weighted by Crippen LogP contribution is -2.47. The van der Waals surface area contributed by atoms with E-state index in [1.54, 1.807) is 30.2 Å². The van der Waals surface area contributed by atoms with Crippen LogP contribution in [0.1, 0.15) is 47.1 Å². The Bertz CT molecular complexity index is 1900. The van der Waals surface area contributed by atoms with E-state index < -0.39 is 24.3 Å². The van der Waals surface area contributed by atoms with Crippen LogP contribution < -0.4 is 10.6 Å². The quantitative estimate of drug-likeness (QED) is 0.0683. The number of carbonyl (C=O) groups is 2. The van der Waals surface area contributed by atoms with Gasteiger partial charge in [-0.2, -0.15) is 0 Å². The smallest absolute Gasteiger partial charge is 0.328 e. The average Bonchev–Trinajstić information content (AvgIpc) is 3.20. The molecule has 0 bridgehead atoms. The number of thioether (sulfide) groups is 1. The summed E-state index contributed by atoms with van der Waals surface area (Å²) in [7, 11) is 1.31. The van der Waals surface area contributed by atoms with Crippen molar-refractivity contribution < 1.29 is 28.9 Å². The van der Waals surface area contributed by atoms with E-state index in [0.717, 1.165) is 38.9 Å². The minimum Gasteiger partial charge on any atom is -0.467 e. The van der Waals surface area contributed by atoms with Gasteiger partial charge in [0.2, 0.25) is 0 Å². The molecule has 1 aromatic heterocycles. The van der Waals surface area contributed by atoms with Crippen LogP contribution in [0, 0.1) is 5.92 Å². The maximum absolute atomic E-state index is 12.8. The molecule has 1 saturated heterocycles. The summed E-state index contributed by atoms with van der Waals surface area (Å²) in [6.45, 7) is 2.39. The van der Waals surface area contributed by atoms with E-state index in [4.69, 9.17) is 14.2 Å². The summed E-state index contributed by atoms with van der Waals surface area (Å²) in [5.41, 5.74) is 6.57. The lowest BCUT2D eigenvalue weighted by atomic mass is 9.91. The normalized spacial score (nSPS) is 19.0. The van der Waals surface area contributed by atoms with E-state index in [0.29, 0.717) is 17.3 Å². The summed E-state index contributed by atoms with van der Waals surface area (Å²) in [6, 6.07) is 33.9. The Hall–Kier alpha value is -5.07. The number of carbonyl (C=O) groups excluding carboxylic acids is 2. The fraction of sp³-hybridized carbons (Fsp3) is 0.268. The summed E-state index contributed by atoms with van der Waals surface area (Å²) in [5, 5.41) is 15.9. The number of rotatable bonds is 13. The Balaban J connectivity index is 1.12. The number of benzene rings is 4. The van der Waals surface area contributed by atoms with Crippen LogP contribution in [-0.4, -0.2) is 52.1 Å². The van der Waals surface area contributed by atoms with Gasteiger partial charge in [0.1, 0.15) is 6.04 Å². The number of amides is 2. The van der Waals surface area contributed by atoms with Gasteiger partial charge in [0.25, 0.3) is 0 Å². The first-order valence-corrected chi connectivity index (χ1v) is 18.1. The number of aromatic nitrogens is 2. The molecular formula is C41H42N4O6S. The Morgan fingerprint density at radius 1 is 0.827 bits per heavy atom. The minimum atomic E-state index is -0.813. The van der Waals surface area contributed by atoms with Crippen molar-refractivity contribution in [2.24, 2.45) is 5.92 Å². The molecule has 5 atom stereocenters. The average molecular weight is 719 g/mol. The van der Waals surface area contributed by atoms with Gasteiger partial charge in [-0.1, -0.05) is 116 Å². The van der Waals surface area contributed by atoms with Crippen molar-refractivity contribution in [3.63, 3.8) is 0 Å². The zero-order valence-corrected chi connectivity index (χ0v) is 29.9. The molecule has 10 nitrogen and oxygen atoms in total. The number of aliphatic hydroxyl groups excluding tert-OH is 1. The molecule has 0 unspecified atom stereocenters. The lowest BCUT2D eigenvalue weighted by Gasteiger charge is -2.41. The third kappa shape index (κ3) is 9.62. The number of hydrogen-bond acceptors (Lipinski definition) is 9. The van der Waals surface area contributed by atoms with Gasteiger partial charge in [-0.05, 0) is 45.5 Å². The van der Waals surface area contributed by atoms with Crippen LogP contribution in [0.2, 0.25) is 0 Å². The highest BCUT2D eigenvalue weighted by Gasteiger charge is 2.38. The molecule has 0 radical (unpaired) electrons. The zero-order valence-electron chi connectivity index (χ0n) is 29.1. The van der Waals surface area contributed by atoms with Crippen LogP contribution in [0.4, 0.5) is 4.79 Å². The second-order valence-electron chi connectivity index (χ2n) is 12.6. The highest BCUT2D eigenvalue weighted by Crippen LogP contribution is 2.43. The third-order valence-electron chi connectivity index (χ3n) is 9.01. The number of esters is 1. The number of urea groups is 1. The van der Waals surface area contributed by atoms with E-state index in [1.165, 1.54) is 7.11 Å². The molecule has 2 amide bonds. The SMILES string of the molecule is COC(=O)[C@H](Cc1ccccc1)NC(=O)NCc1cccc(-c2ccc([C@H]3O[C@@H](CSc4ncccn4)[C@@H](C)[C@@H](c4ccc(CO)cc4)O3)cc2)c1. The molecule has 2 heterocycles. The van der Waals surface area contributed by atoms with Crippen molar-refractivity contribution in [1.29, 1.82) is 0 Å². The standard InChI is InChI=1S/C41H42N4O6S/c1-27-36(26-52-41-42-20-7-21-43-41)50-39(51-37(27)32-14-12-29(25-46)13-15-32)33-18-16-31(17-19-33)34-11-6-10-30(22-34)24-44-40(48)45-35(38(47)49-2)23-28-8-4-3-5-9-28/h3-22,27,35-37,39,46H,23-26H2,1-2H3,(H2,44,45,48)/t27-,35+,36+,37+,39+/m1/s1. The molecule has 1 aliphatic rings. The van der Waals surface area contributed by atoms with Crippen molar-refractivity contribution in [1.82, 2.24) is 20.6 Å². The van der Waals surface area contributed by atoms with E-state index in [-0.39, 0.29) is 31.3 Å². The molecule has 3 N–H and O–H groups in total. The largest absolute Gasteiger partial charge is 0.467 e.